The van der Waals surface area contributed by atoms with Crippen LogP contribution < -0.4 is 0 Å². The van der Waals surface area contributed by atoms with E-state index >= 15 is 0 Å². The van der Waals surface area contributed by atoms with Crippen LogP contribution in [0.4, 0.5) is 0 Å². The van der Waals surface area contributed by atoms with Crippen molar-refractivity contribution in [2.24, 2.45) is 17.8 Å². The number of carbonyl (C=O) groups excluding carboxylic acids is 1. The Morgan fingerprint density at radius 1 is 1.07 bits per heavy atom. The van der Waals surface area contributed by atoms with Crippen LogP contribution in [0.3, 0.4) is 0 Å². The first-order valence-corrected chi connectivity index (χ1v) is 5.63. The number of carbonyl (C=O) groups is 1. The Hall–Kier alpha value is -0.790. The summed E-state index contributed by atoms with van der Waals surface area (Å²) in [5, 5.41) is 0. The Labute approximate surface area is 93.7 Å². The largest absolute Gasteiger partial charge is 0.459 e. The maximum absolute atomic E-state index is 11.4. The van der Waals surface area contributed by atoms with Crippen molar-refractivity contribution >= 4 is 5.97 Å². The van der Waals surface area contributed by atoms with Crippen molar-refractivity contribution in [3.8, 4) is 0 Å². The van der Waals surface area contributed by atoms with Gasteiger partial charge >= 0.3 is 5.97 Å². The fourth-order valence-corrected chi connectivity index (χ4v) is 2.20. The predicted molar refractivity (Wildman–Crippen MR) is 63.5 cm³/mol. The molecule has 1 atom stereocenters. The van der Waals surface area contributed by atoms with E-state index in [1.807, 2.05) is 6.92 Å². The van der Waals surface area contributed by atoms with Crippen molar-refractivity contribution in [3.63, 3.8) is 0 Å². The molecule has 0 aliphatic rings. The molecular weight excluding hydrogens is 188 g/mol. The minimum atomic E-state index is -0.284. The molecule has 0 spiro atoms. The molecule has 0 rings (SSSR count). The maximum Gasteiger partial charge on any atom is 0.333 e. The second kappa shape index (κ2) is 5.94. The third kappa shape index (κ3) is 4.50. The molecule has 0 aliphatic carbocycles. The van der Waals surface area contributed by atoms with Crippen LogP contribution in [-0.4, -0.2) is 12.1 Å². The molecule has 0 aliphatic heterocycles. The number of ether oxygens (including phenoxy) is 1. The first kappa shape index (κ1) is 14.2. The topological polar surface area (TPSA) is 26.3 Å². The molecular formula is C13H24O2. The van der Waals surface area contributed by atoms with E-state index in [0.29, 0.717) is 23.3 Å². The maximum atomic E-state index is 11.4. The molecule has 0 aromatic heterocycles. The van der Waals surface area contributed by atoms with Crippen LogP contribution in [0.15, 0.2) is 12.2 Å². The van der Waals surface area contributed by atoms with Crippen LogP contribution >= 0.6 is 0 Å². The van der Waals surface area contributed by atoms with E-state index in [4.69, 9.17) is 4.74 Å². The Balaban J connectivity index is 4.45. The van der Waals surface area contributed by atoms with Gasteiger partial charge in [-0.25, -0.2) is 4.79 Å². The zero-order chi connectivity index (χ0) is 12.2. The van der Waals surface area contributed by atoms with Crippen molar-refractivity contribution in [2.75, 3.05) is 0 Å². The molecule has 88 valence electrons. The van der Waals surface area contributed by atoms with E-state index in [9.17, 15) is 4.79 Å². The van der Waals surface area contributed by atoms with Gasteiger partial charge in [-0.15, -0.1) is 0 Å². The standard InChI is InChI=1S/C13H24O2/c1-8(2)12(9(3)4)11(7)15-13(14)10(5)6/h8-9,11-12H,5H2,1-4,6-7H3. The normalized spacial score (nSPS) is 13.4. The Kier molecular flexibility index (Phi) is 5.63. The summed E-state index contributed by atoms with van der Waals surface area (Å²) in [7, 11) is 0. The zero-order valence-electron chi connectivity index (χ0n) is 10.8. The van der Waals surface area contributed by atoms with E-state index in [-0.39, 0.29) is 12.1 Å². The molecule has 0 bridgehead atoms. The highest BCUT2D eigenvalue weighted by Gasteiger charge is 2.26. The smallest absolute Gasteiger partial charge is 0.333 e. The van der Waals surface area contributed by atoms with Crippen LogP contribution in [0.1, 0.15) is 41.5 Å². The second-order valence-electron chi connectivity index (χ2n) is 4.96. The highest BCUT2D eigenvalue weighted by molar-refractivity contribution is 5.87. The number of hydrogen-bond acceptors (Lipinski definition) is 2. The lowest BCUT2D eigenvalue weighted by Crippen LogP contribution is -2.31. The van der Waals surface area contributed by atoms with Gasteiger partial charge in [-0.2, -0.15) is 0 Å². The first-order chi connectivity index (χ1) is 6.77. The molecule has 0 radical (unpaired) electrons. The minimum absolute atomic E-state index is 0.0470. The lowest BCUT2D eigenvalue weighted by atomic mass is 9.82. The lowest BCUT2D eigenvalue weighted by Gasteiger charge is -2.30. The van der Waals surface area contributed by atoms with Gasteiger partial charge in [0, 0.05) is 11.5 Å². The number of esters is 1. The molecule has 2 heteroatoms. The zero-order valence-corrected chi connectivity index (χ0v) is 10.8. The minimum Gasteiger partial charge on any atom is -0.459 e. The summed E-state index contributed by atoms with van der Waals surface area (Å²) >= 11 is 0. The van der Waals surface area contributed by atoms with Crippen LogP contribution in [0.5, 0.6) is 0 Å². The van der Waals surface area contributed by atoms with Gasteiger partial charge in [0.15, 0.2) is 0 Å². The third-order valence-electron chi connectivity index (χ3n) is 2.72. The number of rotatable bonds is 5. The molecule has 0 aromatic rings. The van der Waals surface area contributed by atoms with Crippen LogP contribution in [0.2, 0.25) is 0 Å². The van der Waals surface area contributed by atoms with E-state index < -0.39 is 0 Å². The van der Waals surface area contributed by atoms with E-state index in [1.54, 1.807) is 6.92 Å². The van der Waals surface area contributed by atoms with Crippen LogP contribution in [-0.2, 0) is 9.53 Å². The summed E-state index contributed by atoms with van der Waals surface area (Å²) in [5.74, 6) is 1.14. The Morgan fingerprint density at radius 2 is 1.47 bits per heavy atom. The fourth-order valence-electron chi connectivity index (χ4n) is 2.20. The molecule has 0 saturated carbocycles. The van der Waals surface area contributed by atoms with Gasteiger partial charge in [0.1, 0.15) is 6.10 Å². The summed E-state index contributed by atoms with van der Waals surface area (Å²) < 4.78 is 5.36. The predicted octanol–water partition coefficient (Wildman–Crippen LogP) is 3.42. The summed E-state index contributed by atoms with van der Waals surface area (Å²) in [6.07, 6.45) is -0.0470. The first-order valence-electron chi connectivity index (χ1n) is 5.63. The summed E-state index contributed by atoms with van der Waals surface area (Å²) in [6.45, 7) is 15.9. The third-order valence-corrected chi connectivity index (χ3v) is 2.72. The van der Waals surface area contributed by atoms with Gasteiger partial charge in [0.05, 0.1) is 0 Å². The van der Waals surface area contributed by atoms with Crippen molar-refractivity contribution in [3.05, 3.63) is 12.2 Å². The van der Waals surface area contributed by atoms with Gasteiger partial charge in [0.25, 0.3) is 0 Å². The van der Waals surface area contributed by atoms with Crippen molar-refractivity contribution in [1.82, 2.24) is 0 Å². The average molecular weight is 212 g/mol. The van der Waals surface area contributed by atoms with Crippen molar-refractivity contribution in [1.29, 1.82) is 0 Å². The lowest BCUT2D eigenvalue weighted by molar-refractivity contribution is -0.147. The van der Waals surface area contributed by atoms with Crippen LogP contribution in [0.25, 0.3) is 0 Å². The van der Waals surface area contributed by atoms with Gasteiger partial charge in [-0.1, -0.05) is 34.3 Å². The molecule has 0 aromatic carbocycles. The quantitative estimate of drug-likeness (QED) is 0.515. The summed E-state index contributed by atoms with van der Waals surface area (Å²) in [6, 6.07) is 0. The molecule has 2 nitrogen and oxygen atoms in total. The van der Waals surface area contributed by atoms with E-state index in [2.05, 4.69) is 34.3 Å². The molecule has 0 amide bonds. The molecule has 1 unspecified atom stereocenters. The molecule has 0 heterocycles. The summed E-state index contributed by atoms with van der Waals surface area (Å²) in [4.78, 5) is 11.4. The highest BCUT2D eigenvalue weighted by atomic mass is 16.5. The van der Waals surface area contributed by atoms with Crippen LogP contribution in [0, 0.1) is 17.8 Å². The van der Waals surface area contributed by atoms with Crippen molar-refractivity contribution in [2.45, 2.75) is 47.6 Å². The molecule has 15 heavy (non-hydrogen) atoms. The van der Waals surface area contributed by atoms with Crippen molar-refractivity contribution < 1.29 is 9.53 Å². The van der Waals surface area contributed by atoms with E-state index in [1.165, 1.54) is 0 Å². The second-order valence-corrected chi connectivity index (χ2v) is 4.96. The number of hydrogen-bond donors (Lipinski definition) is 0. The molecule has 0 N–H and O–H groups in total. The summed E-state index contributed by atoms with van der Waals surface area (Å²) in [5.41, 5.74) is 0.466. The highest BCUT2D eigenvalue weighted by Crippen LogP contribution is 2.26. The molecule has 0 saturated heterocycles. The van der Waals surface area contributed by atoms with Gasteiger partial charge in [0.2, 0.25) is 0 Å². The van der Waals surface area contributed by atoms with Gasteiger partial charge < -0.3 is 4.74 Å². The SMILES string of the molecule is C=C(C)C(=O)OC(C)C(C(C)C)C(C)C. The van der Waals surface area contributed by atoms with Gasteiger partial charge in [-0.05, 0) is 25.7 Å². The Morgan fingerprint density at radius 3 is 1.73 bits per heavy atom. The van der Waals surface area contributed by atoms with E-state index in [0.717, 1.165) is 0 Å². The van der Waals surface area contributed by atoms with Gasteiger partial charge in [-0.3, -0.25) is 0 Å². The molecule has 0 fully saturated rings. The average Bonchev–Trinajstić information content (AvgIpc) is 2.01. The fraction of sp³-hybridized carbons (Fsp3) is 0.769. The monoisotopic (exact) mass is 212 g/mol. The Bertz CT molecular complexity index is 221.